The zero-order valence-electron chi connectivity index (χ0n) is 32.3. The Kier molecular flexibility index (Phi) is 15.8. The maximum atomic E-state index is 13.8. The van der Waals surface area contributed by atoms with Gasteiger partial charge in [0.1, 0.15) is 23.6 Å². The van der Waals surface area contributed by atoms with Crippen molar-refractivity contribution in [1.82, 2.24) is 20.0 Å². The average Bonchev–Trinajstić information content (AvgIpc) is 3.13. The van der Waals surface area contributed by atoms with E-state index < -0.39 is 11.7 Å². The van der Waals surface area contributed by atoms with Crippen LogP contribution in [0.1, 0.15) is 87.7 Å². The van der Waals surface area contributed by atoms with Gasteiger partial charge in [0.05, 0.1) is 46.1 Å². The molecule has 0 aliphatic carbocycles. The molecule has 2 aromatic carbocycles. The molecule has 2 fully saturated rings. The number of hydrogen-bond donors (Lipinski definition) is 1. The van der Waals surface area contributed by atoms with Gasteiger partial charge in [-0.3, -0.25) is 24.2 Å². The third kappa shape index (κ3) is 13.2. The van der Waals surface area contributed by atoms with E-state index in [2.05, 4.69) is 10.2 Å². The highest BCUT2D eigenvalue weighted by atomic mass is 16.6. The maximum absolute atomic E-state index is 13.8. The van der Waals surface area contributed by atoms with E-state index in [0.29, 0.717) is 63.1 Å². The number of methoxy groups -OCH3 is 1. The number of nitrogens with zero attached hydrogens (tertiary/aromatic N) is 3. The lowest BCUT2D eigenvalue weighted by molar-refractivity contribution is -0.145. The quantitative estimate of drug-likeness (QED) is 0.185. The van der Waals surface area contributed by atoms with Gasteiger partial charge in [-0.2, -0.15) is 0 Å². The fraction of sp³-hybridized carbons (Fsp3) is 0.600. The molecule has 1 atom stereocenters. The van der Waals surface area contributed by atoms with Crippen LogP contribution in [0, 0.1) is 0 Å². The maximum Gasteiger partial charge on any atom is 0.411 e. The molecule has 53 heavy (non-hydrogen) atoms. The lowest BCUT2D eigenvalue weighted by atomic mass is 9.89. The van der Waals surface area contributed by atoms with Crippen molar-refractivity contribution in [2.75, 3.05) is 72.7 Å². The highest BCUT2D eigenvalue weighted by Gasteiger charge is 2.30. The summed E-state index contributed by atoms with van der Waals surface area (Å²) >= 11 is 0. The largest absolute Gasteiger partial charge is 0.497 e. The second kappa shape index (κ2) is 20.2. The second-order valence-corrected chi connectivity index (χ2v) is 14.5. The molecule has 13 heteroatoms. The predicted molar refractivity (Wildman–Crippen MR) is 200 cm³/mol. The highest BCUT2D eigenvalue weighted by molar-refractivity contribution is 5.94. The van der Waals surface area contributed by atoms with Gasteiger partial charge in [-0.1, -0.05) is 12.1 Å². The molecule has 2 aliphatic rings. The number of nitrogens with one attached hydrogen (secondary N) is 1. The number of ether oxygens (including phenoxy) is 5. The van der Waals surface area contributed by atoms with E-state index in [9.17, 15) is 19.2 Å². The summed E-state index contributed by atoms with van der Waals surface area (Å²) < 4.78 is 28.0. The van der Waals surface area contributed by atoms with Crippen LogP contribution in [0.25, 0.3) is 0 Å². The number of likely N-dealkylation sites (tertiary alicyclic amines) is 2. The van der Waals surface area contributed by atoms with Crippen LogP contribution in [0.3, 0.4) is 0 Å². The van der Waals surface area contributed by atoms with Crippen molar-refractivity contribution < 1.29 is 42.9 Å². The van der Waals surface area contributed by atoms with Crippen molar-refractivity contribution in [2.45, 2.75) is 84.5 Å². The first kappa shape index (κ1) is 41.4. The fourth-order valence-corrected chi connectivity index (χ4v) is 6.59. The lowest BCUT2D eigenvalue weighted by Crippen LogP contribution is -2.47. The van der Waals surface area contributed by atoms with Gasteiger partial charge >= 0.3 is 12.1 Å². The highest BCUT2D eigenvalue weighted by Crippen LogP contribution is 2.29. The Morgan fingerprint density at radius 3 is 2.43 bits per heavy atom. The van der Waals surface area contributed by atoms with Crippen molar-refractivity contribution in [3.63, 3.8) is 0 Å². The van der Waals surface area contributed by atoms with Gasteiger partial charge in [0.25, 0.3) is 5.91 Å². The summed E-state index contributed by atoms with van der Waals surface area (Å²) in [6.07, 6.45) is 2.83. The summed E-state index contributed by atoms with van der Waals surface area (Å²) in [6.45, 7) is 13.5. The summed E-state index contributed by atoms with van der Waals surface area (Å²) in [5, 5.41) is 2.97. The van der Waals surface area contributed by atoms with Gasteiger partial charge < -0.3 is 33.9 Å². The first-order valence-electron chi connectivity index (χ1n) is 18.8. The van der Waals surface area contributed by atoms with Gasteiger partial charge in [-0.05, 0) is 90.1 Å². The van der Waals surface area contributed by atoms with Crippen molar-refractivity contribution in [3.05, 3.63) is 59.2 Å². The SMILES string of the molecule is CCOC(=O)CN1CCC(OCCNC(=O)c2cccc(C3CCCN(C(=O)CN(Cc4ccc(OC)cc4OCC)C(=O)OC(C)(C)C)C3)c2)CC1. The molecule has 1 unspecified atom stereocenters. The summed E-state index contributed by atoms with van der Waals surface area (Å²) in [7, 11) is 1.58. The number of hydrogen-bond acceptors (Lipinski definition) is 10. The Bertz CT molecular complexity index is 1520. The summed E-state index contributed by atoms with van der Waals surface area (Å²) in [6, 6.07) is 13.0. The number of carbonyl (C=O) groups excluding carboxylic acids is 4. The molecule has 3 amide bonds. The molecule has 0 aromatic heterocycles. The van der Waals surface area contributed by atoms with Crippen LogP contribution in [-0.2, 0) is 30.3 Å². The van der Waals surface area contributed by atoms with Gasteiger partial charge in [-0.25, -0.2) is 4.79 Å². The molecule has 1 N–H and O–H groups in total. The minimum Gasteiger partial charge on any atom is -0.497 e. The fourth-order valence-electron chi connectivity index (χ4n) is 6.59. The van der Waals surface area contributed by atoms with E-state index in [1.165, 1.54) is 4.90 Å². The van der Waals surface area contributed by atoms with Crippen LogP contribution in [0.2, 0.25) is 0 Å². The molecule has 292 valence electrons. The Hall–Kier alpha value is -4.36. The third-order valence-electron chi connectivity index (χ3n) is 9.24. The standard InChI is InChI=1S/C40H58N4O9/c1-7-50-35-24-34(49-6)15-14-32(35)26-44(39(48)53-40(3,4)5)27-36(45)43-19-10-13-31(25-43)29-11-9-12-30(23-29)38(47)41-18-22-52-33-16-20-42(21-17-33)28-37(46)51-8-2/h9,11-12,14-15,23-24,31,33H,7-8,10,13,16-22,25-28H2,1-6H3,(H,41,47). The van der Waals surface area contributed by atoms with Crippen LogP contribution >= 0.6 is 0 Å². The van der Waals surface area contributed by atoms with Gasteiger partial charge in [0, 0.05) is 55.8 Å². The molecular formula is C40H58N4O9. The molecular weight excluding hydrogens is 680 g/mol. The molecule has 2 aliphatic heterocycles. The molecule has 0 spiro atoms. The number of esters is 1. The molecule has 4 rings (SSSR count). The topological polar surface area (TPSA) is 136 Å². The van der Waals surface area contributed by atoms with E-state index in [-0.39, 0.29) is 42.9 Å². The second-order valence-electron chi connectivity index (χ2n) is 14.5. The van der Waals surface area contributed by atoms with Crippen molar-refractivity contribution in [2.24, 2.45) is 0 Å². The average molecular weight is 739 g/mol. The molecule has 2 aromatic rings. The van der Waals surface area contributed by atoms with Crippen LogP contribution in [0.5, 0.6) is 11.5 Å². The zero-order chi connectivity index (χ0) is 38.4. The smallest absolute Gasteiger partial charge is 0.411 e. The van der Waals surface area contributed by atoms with Crippen LogP contribution in [0.4, 0.5) is 4.79 Å². The summed E-state index contributed by atoms with van der Waals surface area (Å²) in [5.74, 6) is 0.691. The van der Waals surface area contributed by atoms with Crippen molar-refractivity contribution in [1.29, 1.82) is 0 Å². The number of carbonyl (C=O) groups is 4. The minimum absolute atomic E-state index is 0.0413. The minimum atomic E-state index is -0.743. The first-order chi connectivity index (χ1) is 25.4. The van der Waals surface area contributed by atoms with Gasteiger partial charge in [0.15, 0.2) is 0 Å². The molecule has 0 bridgehead atoms. The predicted octanol–water partition coefficient (Wildman–Crippen LogP) is 5.01. The Morgan fingerprint density at radius 1 is 0.962 bits per heavy atom. The summed E-state index contributed by atoms with van der Waals surface area (Å²) in [5.41, 5.74) is 1.54. The molecule has 13 nitrogen and oxygen atoms in total. The van der Waals surface area contributed by atoms with Crippen LogP contribution in [0.15, 0.2) is 42.5 Å². The van der Waals surface area contributed by atoms with E-state index in [1.807, 2.05) is 31.2 Å². The van der Waals surface area contributed by atoms with Crippen LogP contribution in [-0.4, -0.2) is 123 Å². The number of amides is 3. The Balaban J connectivity index is 1.31. The zero-order valence-corrected chi connectivity index (χ0v) is 32.3. The van der Waals surface area contributed by atoms with Crippen molar-refractivity contribution >= 4 is 23.9 Å². The molecule has 2 saturated heterocycles. The number of benzene rings is 2. The Morgan fingerprint density at radius 2 is 1.74 bits per heavy atom. The molecule has 0 radical (unpaired) electrons. The normalized spacial score (nSPS) is 16.8. The monoisotopic (exact) mass is 738 g/mol. The number of piperidine rings is 2. The van der Waals surface area contributed by atoms with E-state index in [4.69, 9.17) is 23.7 Å². The molecule has 2 heterocycles. The third-order valence-corrected chi connectivity index (χ3v) is 9.24. The van der Waals surface area contributed by atoms with Crippen LogP contribution < -0.4 is 14.8 Å². The van der Waals surface area contributed by atoms with E-state index in [0.717, 1.165) is 49.9 Å². The molecule has 0 saturated carbocycles. The van der Waals surface area contributed by atoms with E-state index in [1.54, 1.807) is 57.9 Å². The Labute approximate surface area is 314 Å². The lowest BCUT2D eigenvalue weighted by Gasteiger charge is -2.35. The first-order valence-corrected chi connectivity index (χ1v) is 18.8. The van der Waals surface area contributed by atoms with Gasteiger partial charge in [-0.15, -0.1) is 0 Å². The van der Waals surface area contributed by atoms with Crippen molar-refractivity contribution in [3.8, 4) is 11.5 Å². The van der Waals surface area contributed by atoms with Gasteiger partial charge in [0.2, 0.25) is 5.91 Å². The summed E-state index contributed by atoms with van der Waals surface area (Å²) in [4.78, 5) is 57.3. The number of rotatable bonds is 16. The van der Waals surface area contributed by atoms with E-state index >= 15 is 0 Å².